The number of aliphatic hydroxyl groups is 1. The molecule has 0 saturated carbocycles. The van der Waals surface area contributed by atoms with Crippen LogP contribution in [0.3, 0.4) is 0 Å². The van der Waals surface area contributed by atoms with Crippen LogP contribution in [0.5, 0.6) is 0 Å². The van der Waals surface area contributed by atoms with Crippen LogP contribution in [-0.4, -0.2) is 33.4 Å². The summed E-state index contributed by atoms with van der Waals surface area (Å²) in [6, 6.07) is 0. The average Bonchev–Trinajstić information content (AvgIpc) is 2.72. The summed E-state index contributed by atoms with van der Waals surface area (Å²) in [5.41, 5.74) is 6.22. The van der Waals surface area contributed by atoms with E-state index in [9.17, 15) is 19.1 Å². The molecule has 1 saturated heterocycles. The Morgan fingerprint density at radius 3 is 3.11 bits per heavy atom. The van der Waals surface area contributed by atoms with Gasteiger partial charge < -0.3 is 9.84 Å². The number of aromatic nitrogens is 2. The van der Waals surface area contributed by atoms with Crippen molar-refractivity contribution in [3.63, 3.8) is 0 Å². The first-order valence-corrected chi connectivity index (χ1v) is 5.38. The number of azide groups is 1. The molecule has 0 aliphatic carbocycles. The third-order valence-electron chi connectivity index (χ3n) is 2.76. The van der Waals surface area contributed by atoms with Crippen LogP contribution in [0.15, 0.2) is 20.9 Å². The number of hydrogen-bond acceptors (Lipinski definition) is 5. The van der Waals surface area contributed by atoms with E-state index in [0.29, 0.717) is 6.20 Å². The molecule has 9 nitrogen and oxygen atoms in total. The fraction of sp³-hybridized carbons (Fsp3) is 0.556. The lowest BCUT2D eigenvalue weighted by molar-refractivity contribution is -0.0155. The van der Waals surface area contributed by atoms with Gasteiger partial charge in [0.25, 0.3) is 5.56 Å². The molecule has 2 N–H and O–H groups in total. The largest absolute Gasteiger partial charge is 0.390 e. The summed E-state index contributed by atoms with van der Waals surface area (Å²) in [6.45, 7) is -0.102. The van der Waals surface area contributed by atoms with Gasteiger partial charge in [-0.3, -0.25) is 14.3 Å². The van der Waals surface area contributed by atoms with Crippen LogP contribution < -0.4 is 11.2 Å². The van der Waals surface area contributed by atoms with E-state index in [-0.39, 0.29) is 13.0 Å². The van der Waals surface area contributed by atoms with Crippen molar-refractivity contribution in [1.29, 1.82) is 0 Å². The second-order valence-corrected chi connectivity index (χ2v) is 3.99. The molecule has 1 fully saturated rings. The minimum atomic E-state index is -1.13. The molecule has 10 heteroatoms. The number of halogens is 1. The predicted octanol–water partition coefficient (Wildman–Crippen LogP) is -0.366. The number of H-pyrrole nitrogens is 1. The van der Waals surface area contributed by atoms with E-state index in [4.69, 9.17) is 10.3 Å². The lowest BCUT2D eigenvalue weighted by atomic mass is 10.2. The standard InChI is InChI=1S/C9H10FN5O4/c10-4-3-15(9(18)13-8(4)17)7-1-5(16)6(19-7)2-12-14-11/h3,5-7,16H,1-2H2,(H,13,17,18)/t5-,6+,7+/m0/s1. The molecule has 102 valence electrons. The van der Waals surface area contributed by atoms with Gasteiger partial charge in [0.1, 0.15) is 6.23 Å². The molecular formula is C9H10FN5O4. The summed E-state index contributed by atoms with van der Waals surface area (Å²) in [7, 11) is 0. The van der Waals surface area contributed by atoms with Crippen LogP contribution in [0, 0.1) is 5.82 Å². The molecule has 0 radical (unpaired) electrons. The fourth-order valence-corrected chi connectivity index (χ4v) is 1.84. The summed E-state index contributed by atoms with van der Waals surface area (Å²) >= 11 is 0. The number of ether oxygens (including phenoxy) is 1. The van der Waals surface area contributed by atoms with E-state index >= 15 is 0 Å². The van der Waals surface area contributed by atoms with Crippen molar-refractivity contribution in [2.75, 3.05) is 6.54 Å². The lowest BCUT2D eigenvalue weighted by Crippen LogP contribution is -2.34. The summed E-state index contributed by atoms with van der Waals surface area (Å²) in [4.78, 5) is 26.7. The number of aliphatic hydroxyl groups excluding tert-OH is 1. The Hall–Kier alpha value is -2.16. The van der Waals surface area contributed by atoms with Crippen molar-refractivity contribution in [3.05, 3.63) is 43.3 Å². The van der Waals surface area contributed by atoms with Crippen molar-refractivity contribution in [2.24, 2.45) is 5.11 Å². The Balaban J connectivity index is 2.25. The topological polar surface area (TPSA) is 133 Å². The Kier molecular flexibility index (Phi) is 3.65. The lowest BCUT2D eigenvalue weighted by Gasteiger charge is -2.14. The van der Waals surface area contributed by atoms with Gasteiger partial charge in [0, 0.05) is 11.3 Å². The summed E-state index contributed by atoms with van der Waals surface area (Å²) in [5, 5.41) is 12.9. The molecule has 19 heavy (non-hydrogen) atoms. The van der Waals surface area contributed by atoms with E-state index in [2.05, 4.69) is 10.0 Å². The Morgan fingerprint density at radius 2 is 2.42 bits per heavy atom. The minimum absolute atomic E-state index is 0.0248. The molecular weight excluding hydrogens is 261 g/mol. The smallest absolute Gasteiger partial charge is 0.330 e. The van der Waals surface area contributed by atoms with Gasteiger partial charge in [-0.05, 0) is 5.53 Å². The average molecular weight is 271 g/mol. The van der Waals surface area contributed by atoms with Gasteiger partial charge in [-0.1, -0.05) is 5.11 Å². The second kappa shape index (κ2) is 5.22. The van der Waals surface area contributed by atoms with E-state index in [1.54, 1.807) is 4.98 Å². The summed E-state index contributed by atoms with van der Waals surface area (Å²) in [6.07, 6.45) is -1.90. The van der Waals surface area contributed by atoms with Crippen molar-refractivity contribution in [1.82, 2.24) is 9.55 Å². The number of rotatable bonds is 3. The van der Waals surface area contributed by atoms with Crippen LogP contribution in [0.1, 0.15) is 12.6 Å². The van der Waals surface area contributed by atoms with Gasteiger partial charge in [0.2, 0.25) is 5.82 Å². The van der Waals surface area contributed by atoms with Gasteiger partial charge in [-0.15, -0.1) is 0 Å². The van der Waals surface area contributed by atoms with Crippen molar-refractivity contribution in [2.45, 2.75) is 24.9 Å². The van der Waals surface area contributed by atoms with E-state index < -0.39 is 35.5 Å². The molecule has 0 unspecified atom stereocenters. The van der Waals surface area contributed by atoms with E-state index in [0.717, 1.165) is 4.57 Å². The van der Waals surface area contributed by atoms with Crippen molar-refractivity contribution in [3.8, 4) is 0 Å². The van der Waals surface area contributed by atoms with E-state index in [1.807, 2.05) is 0 Å². The molecule has 3 atom stereocenters. The molecule has 1 aliphatic rings. The molecule has 0 spiro atoms. The Labute approximate surface area is 104 Å². The molecule has 0 bridgehead atoms. The summed E-state index contributed by atoms with van der Waals surface area (Å²) < 4.78 is 19.3. The van der Waals surface area contributed by atoms with Crippen LogP contribution in [0.2, 0.25) is 0 Å². The monoisotopic (exact) mass is 271 g/mol. The van der Waals surface area contributed by atoms with Gasteiger partial charge in [0.05, 0.1) is 24.9 Å². The quantitative estimate of drug-likeness (QED) is 0.441. The maximum Gasteiger partial charge on any atom is 0.330 e. The van der Waals surface area contributed by atoms with Gasteiger partial charge in [-0.25, -0.2) is 4.79 Å². The van der Waals surface area contributed by atoms with Crippen LogP contribution in [-0.2, 0) is 4.74 Å². The maximum absolute atomic E-state index is 13.1. The number of aromatic amines is 1. The highest BCUT2D eigenvalue weighted by atomic mass is 19.1. The molecule has 2 heterocycles. The zero-order valence-electron chi connectivity index (χ0n) is 9.56. The fourth-order valence-electron chi connectivity index (χ4n) is 1.84. The van der Waals surface area contributed by atoms with Gasteiger partial charge >= 0.3 is 5.69 Å². The highest BCUT2D eigenvalue weighted by Gasteiger charge is 2.35. The third kappa shape index (κ3) is 2.65. The number of hydrogen-bond donors (Lipinski definition) is 2. The van der Waals surface area contributed by atoms with Crippen molar-refractivity contribution < 1.29 is 14.2 Å². The second-order valence-electron chi connectivity index (χ2n) is 3.99. The molecule has 1 aliphatic heterocycles. The minimum Gasteiger partial charge on any atom is -0.390 e. The summed E-state index contributed by atoms with van der Waals surface area (Å²) in [5.74, 6) is -1.13. The normalized spacial score (nSPS) is 26.1. The van der Waals surface area contributed by atoms with Crippen molar-refractivity contribution >= 4 is 0 Å². The molecule has 2 rings (SSSR count). The van der Waals surface area contributed by atoms with Crippen LogP contribution >= 0.6 is 0 Å². The first kappa shape index (κ1) is 13.3. The SMILES string of the molecule is [N-]=[N+]=NC[C@H]1O[C@@H](n2cc(F)c(=O)[nH]c2=O)C[C@@H]1O. The maximum atomic E-state index is 13.1. The third-order valence-corrected chi connectivity index (χ3v) is 2.76. The molecule has 1 aromatic rings. The first-order valence-electron chi connectivity index (χ1n) is 5.38. The van der Waals surface area contributed by atoms with E-state index in [1.165, 1.54) is 0 Å². The number of nitrogens with one attached hydrogen (secondary N) is 1. The predicted molar refractivity (Wildman–Crippen MR) is 59.8 cm³/mol. The Bertz CT molecular complexity index is 634. The first-order chi connectivity index (χ1) is 9.02. The zero-order valence-corrected chi connectivity index (χ0v) is 9.56. The molecule has 0 amide bonds. The molecule has 1 aromatic heterocycles. The number of nitrogens with zero attached hydrogens (tertiary/aromatic N) is 4. The van der Waals surface area contributed by atoms with Crippen LogP contribution in [0.25, 0.3) is 10.4 Å². The highest BCUT2D eigenvalue weighted by Crippen LogP contribution is 2.27. The van der Waals surface area contributed by atoms with Crippen LogP contribution in [0.4, 0.5) is 4.39 Å². The Morgan fingerprint density at radius 1 is 1.68 bits per heavy atom. The molecule has 0 aromatic carbocycles. The zero-order chi connectivity index (χ0) is 14.0. The van der Waals surface area contributed by atoms with Gasteiger partial charge in [-0.2, -0.15) is 4.39 Å². The van der Waals surface area contributed by atoms with Gasteiger partial charge in [0.15, 0.2) is 0 Å². The highest BCUT2D eigenvalue weighted by molar-refractivity contribution is 4.91.